The summed E-state index contributed by atoms with van der Waals surface area (Å²) in [6, 6.07) is 0.0930. The van der Waals surface area contributed by atoms with Crippen LogP contribution in [0.4, 0.5) is 5.95 Å². The monoisotopic (exact) mass is 320 g/mol. The van der Waals surface area contributed by atoms with Crippen LogP contribution >= 0.6 is 0 Å². The van der Waals surface area contributed by atoms with Crippen molar-refractivity contribution in [3.05, 3.63) is 12.4 Å². The summed E-state index contributed by atoms with van der Waals surface area (Å²) >= 11 is 0. The van der Waals surface area contributed by atoms with Gasteiger partial charge in [0.2, 0.25) is 11.9 Å². The average molecular weight is 320 g/mol. The summed E-state index contributed by atoms with van der Waals surface area (Å²) < 4.78 is 10.7. The molecule has 4 atom stereocenters. The molecular formula is C16H24N4O3. The Labute approximate surface area is 136 Å². The van der Waals surface area contributed by atoms with Gasteiger partial charge in [0.25, 0.3) is 0 Å². The first-order valence-corrected chi connectivity index (χ1v) is 8.01. The molecule has 1 N–H and O–H groups in total. The molecule has 2 heterocycles. The fourth-order valence-corrected chi connectivity index (χ4v) is 3.83. The van der Waals surface area contributed by atoms with Crippen molar-refractivity contribution in [2.75, 3.05) is 32.2 Å². The van der Waals surface area contributed by atoms with Crippen molar-refractivity contribution in [2.45, 2.75) is 31.9 Å². The topological polar surface area (TPSA) is 76.6 Å². The fourth-order valence-electron chi connectivity index (χ4n) is 3.83. The Balaban J connectivity index is 1.68. The highest BCUT2D eigenvalue weighted by Gasteiger charge is 2.43. The van der Waals surface area contributed by atoms with Gasteiger partial charge in [-0.3, -0.25) is 4.79 Å². The van der Waals surface area contributed by atoms with Crippen LogP contribution in [0.15, 0.2) is 12.4 Å². The predicted molar refractivity (Wildman–Crippen MR) is 85.4 cm³/mol. The number of aromatic nitrogens is 2. The highest BCUT2D eigenvalue weighted by atomic mass is 16.5. The number of fused-ring (bicyclic) bond motifs is 1. The van der Waals surface area contributed by atoms with E-state index in [0.717, 1.165) is 31.9 Å². The van der Waals surface area contributed by atoms with E-state index in [0.29, 0.717) is 17.6 Å². The lowest BCUT2D eigenvalue weighted by Crippen LogP contribution is -2.49. The van der Waals surface area contributed by atoms with Crippen LogP contribution < -0.4 is 15.0 Å². The van der Waals surface area contributed by atoms with Crippen LogP contribution in [-0.4, -0.2) is 55.3 Å². The molecule has 1 saturated carbocycles. The zero-order chi connectivity index (χ0) is 16.4. The van der Waals surface area contributed by atoms with Crippen LogP contribution in [0.3, 0.4) is 0 Å². The third kappa shape index (κ3) is 3.39. The van der Waals surface area contributed by atoms with Crippen molar-refractivity contribution >= 4 is 11.9 Å². The molecule has 126 valence electrons. The Bertz CT molecular complexity index is 551. The number of anilines is 1. The maximum Gasteiger partial charge on any atom is 0.225 e. The Morgan fingerprint density at radius 1 is 1.22 bits per heavy atom. The van der Waals surface area contributed by atoms with Crippen molar-refractivity contribution in [2.24, 2.45) is 11.8 Å². The van der Waals surface area contributed by atoms with Crippen LogP contribution in [-0.2, 0) is 9.53 Å². The molecular weight excluding hydrogens is 296 g/mol. The summed E-state index contributed by atoms with van der Waals surface area (Å²) in [6.45, 7) is 3.41. The Kier molecular flexibility index (Phi) is 4.66. The van der Waals surface area contributed by atoms with Crippen LogP contribution in [0, 0.1) is 11.8 Å². The van der Waals surface area contributed by atoms with Gasteiger partial charge in [-0.15, -0.1) is 0 Å². The highest BCUT2D eigenvalue weighted by Crippen LogP contribution is 2.38. The number of methoxy groups -OCH3 is 2. The number of nitrogens with zero attached hydrogens (tertiary/aromatic N) is 3. The maximum atomic E-state index is 11.4. The van der Waals surface area contributed by atoms with Gasteiger partial charge in [0, 0.05) is 27.1 Å². The summed E-state index contributed by atoms with van der Waals surface area (Å²) in [5.74, 6) is 2.49. The molecule has 1 amide bonds. The van der Waals surface area contributed by atoms with Gasteiger partial charge in [0.05, 0.1) is 31.6 Å². The second-order valence-corrected chi connectivity index (χ2v) is 6.40. The van der Waals surface area contributed by atoms with Gasteiger partial charge in [-0.25, -0.2) is 9.97 Å². The van der Waals surface area contributed by atoms with Gasteiger partial charge in [-0.1, -0.05) is 0 Å². The number of carbonyl (C=O) groups is 1. The van der Waals surface area contributed by atoms with Crippen molar-refractivity contribution < 1.29 is 14.3 Å². The minimum Gasteiger partial charge on any atom is -0.494 e. The molecule has 1 aromatic rings. The first-order valence-electron chi connectivity index (χ1n) is 8.01. The van der Waals surface area contributed by atoms with Gasteiger partial charge in [-0.05, 0) is 24.7 Å². The largest absolute Gasteiger partial charge is 0.494 e. The summed E-state index contributed by atoms with van der Waals surface area (Å²) in [5.41, 5.74) is 0. The maximum absolute atomic E-state index is 11.4. The fraction of sp³-hybridized carbons (Fsp3) is 0.688. The second kappa shape index (κ2) is 6.70. The lowest BCUT2D eigenvalue weighted by molar-refractivity contribution is -0.121. The number of amides is 1. The lowest BCUT2D eigenvalue weighted by Gasteiger charge is -2.37. The zero-order valence-electron chi connectivity index (χ0n) is 13.9. The van der Waals surface area contributed by atoms with E-state index in [1.807, 2.05) is 0 Å². The molecule has 0 radical (unpaired) electrons. The molecule has 3 rings (SSSR count). The molecule has 0 unspecified atom stereocenters. The first-order chi connectivity index (χ1) is 11.1. The molecule has 1 saturated heterocycles. The summed E-state index contributed by atoms with van der Waals surface area (Å²) in [4.78, 5) is 22.4. The standard InChI is InChI=1S/C16H24N4O3/c1-10(21)19-14-4-11-8-20(9-12(11)5-15(14)23-3)16-17-6-13(22-2)7-18-16/h6-7,11-12,14-15H,4-5,8-9H2,1-3H3,(H,19,21)/t11-,12+,14-,15-/m1/s1. The molecule has 1 aliphatic carbocycles. The average Bonchev–Trinajstić information content (AvgIpc) is 2.96. The summed E-state index contributed by atoms with van der Waals surface area (Å²) in [7, 11) is 3.33. The van der Waals surface area contributed by atoms with E-state index in [1.165, 1.54) is 0 Å². The molecule has 7 heteroatoms. The number of hydrogen-bond acceptors (Lipinski definition) is 6. The van der Waals surface area contributed by atoms with Gasteiger partial charge in [0.15, 0.2) is 5.75 Å². The SMILES string of the molecule is COc1cnc(N2C[C@H]3C[C@@H](NC(C)=O)[C@H](OC)C[C@H]3C2)nc1. The number of hydrogen-bond donors (Lipinski definition) is 1. The smallest absolute Gasteiger partial charge is 0.225 e. The van der Waals surface area contributed by atoms with E-state index in [9.17, 15) is 4.79 Å². The van der Waals surface area contributed by atoms with E-state index in [1.54, 1.807) is 33.5 Å². The van der Waals surface area contributed by atoms with E-state index >= 15 is 0 Å². The van der Waals surface area contributed by atoms with Crippen molar-refractivity contribution in [3.63, 3.8) is 0 Å². The summed E-state index contributed by atoms with van der Waals surface area (Å²) in [6.07, 6.45) is 5.37. The van der Waals surface area contributed by atoms with Crippen molar-refractivity contribution in [3.8, 4) is 5.75 Å². The molecule has 2 aliphatic rings. The molecule has 23 heavy (non-hydrogen) atoms. The molecule has 1 aromatic heterocycles. The van der Waals surface area contributed by atoms with Crippen LogP contribution in [0.1, 0.15) is 19.8 Å². The van der Waals surface area contributed by atoms with Gasteiger partial charge in [-0.2, -0.15) is 0 Å². The van der Waals surface area contributed by atoms with Crippen molar-refractivity contribution in [1.29, 1.82) is 0 Å². The van der Waals surface area contributed by atoms with E-state index in [2.05, 4.69) is 20.2 Å². The number of nitrogens with one attached hydrogen (secondary N) is 1. The number of rotatable bonds is 4. The third-order valence-corrected chi connectivity index (χ3v) is 4.94. The van der Waals surface area contributed by atoms with Gasteiger partial charge < -0.3 is 19.7 Å². The van der Waals surface area contributed by atoms with Crippen LogP contribution in [0.5, 0.6) is 5.75 Å². The number of carbonyl (C=O) groups excluding carboxylic acids is 1. The minimum absolute atomic E-state index is 0.00356. The summed E-state index contributed by atoms with van der Waals surface area (Å²) in [5, 5.41) is 3.03. The molecule has 1 aliphatic heterocycles. The zero-order valence-corrected chi connectivity index (χ0v) is 13.9. The minimum atomic E-state index is 0.00356. The van der Waals surface area contributed by atoms with Crippen molar-refractivity contribution in [1.82, 2.24) is 15.3 Å². The second-order valence-electron chi connectivity index (χ2n) is 6.40. The number of ether oxygens (including phenoxy) is 2. The Hall–Kier alpha value is -1.89. The molecule has 0 bridgehead atoms. The normalized spacial score (nSPS) is 30.0. The van der Waals surface area contributed by atoms with Crippen LogP contribution in [0.2, 0.25) is 0 Å². The van der Waals surface area contributed by atoms with E-state index in [-0.39, 0.29) is 18.1 Å². The Morgan fingerprint density at radius 3 is 2.43 bits per heavy atom. The molecule has 2 fully saturated rings. The lowest BCUT2D eigenvalue weighted by atomic mass is 9.77. The predicted octanol–water partition coefficient (Wildman–Crippen LogP) is 0.851. The van der Waals surface area contributed by atoms with Gasteiger partial charge in [0.1, 0.15) is 0 Å². The van der Waals surface area contributed by atoms with Crippen LogP contribution in [0.25, 0.3) is 0 Å². The van der Waals surface area contributed by atoms with Gasteiger partial charge >= 0.3 is 0 Å². The third-order valence-electron chi connectivity index (χ3n) is 4.94. The van der Waals surface area contributed by atoms with E-state index < -0.39 is 0 Å². The molecule has 7 nitrogen and oxygen atoms in total. The Morgan fingerprint density at radius 2 is 1.87 bits per heavy atom. The highest BCUT2D eigenvalue weighted by molar-refractivity contribution is 5.73. The molecule has 0 spiro atoms. The van der Waals surface area contributed by atoms with E-state index in [4.69, 9.17) is 9.47 Å². The molecule has 0 aromatic carbocycles. The quantitative estimate of drug-likeness (QED) is 0.886. The first kappa shape index (κ1) is 16.0.